The van der Waals surface area contributed by atoms with E-state index in [9.17, 15) is 13.2 Å². The number of furan rings is 1. The third-order valence-corrected chi connectivity index (χ3v) is 4.83. The Bertz CT molecular complexity index is 1020. The Kier molecular flexibility index (Phi) is 5.10. The summed E-state index contributed by atoms with van der Waals surface area (Å²) in [6.45, 7) is 2.69. The molecule has 0 atom stereocenters. The van der Waals surface area contributed by atoms with Crippen LogP contribution in [0.25, 0.3) is 11.0 Å². The van der Waals surface area contributed by atoms with Crippen molar-refractivity contribution in [2.24, 2.45) is 5.14 Å². The highest BCUT2D eigenvalue weighted by Gasteiger charge is 2.17. The summed E-state index contributed by atoms with van der Waals surface area (Å²) >= 11 is 0. The first-order valence-corrected chi connectivity index (χ1v) is 9.67. The number of hydrogen-bond donors (Lipinski definition) is 1. The third kappa shape index (κ3) is 3.78. The zero-order chi connectivity index (χ0) is 18.7. The Morgan fingerprint density at radius 3 is 2.81 bits per heavy atom. The summed E-state index contributed by atoms with van der Waals surface area (Å²) in [6.07, 6.45) is 3.27. The molecule has 0 aliphatic carbocycles. The summed E-state index contributed by atoms with van der Waals surface area (Å²) in [5.41, 5.74) is 1.24. The maximum absolute atomic E-state index is 12.0. The van der Waals surface area contributed by atoms with Crippen LogP contribution in [0.4, 0.5) is 0 Å². The number of ether oxygens (including phenoxy) is 1. The number of sulfonamides is 1. The summed E-state index contributed by atoms with van der Waals surface area (Å²) in [7, 11) is -3.82. The Balaban J connectivity index is 1.92. The van der Waals surface area contributed by atoms with Gasteiger partial charge in [0.1, 0.15) is 12.4 Å². The number of nitrogens with zero attached hydrogens (tertiary/aromatic N) is 2. The van der Waals surface area contributed by atoms with Crippen LogP contribution in [-0.4, -0.2) is 23.9 Å². The van der Waals surface area contributed by atoms with Crippen LogP contribution < -0.4 is 5.14 Å². The first-order chi connectivity index (χ1) is 12.4. The highest BCUT2D eigenvalue weighted by atomic mass is 32.2. The molecule has 138 valence electrons. The number of fused-ring (bicyclic) bond motifs is 1. The number of imidazole rings is 1. The van der Waals surface area contributed by atoms with Gasteiger partial charge in [-0.15, -0.1) is 0 Å². The molecule has 0 aliphatic rings. The summed E-state index contributed by atoms with van der Waals surface area (Å²) in [5, 5.41) is 5.18. The van der Waals surface area contributed by atoms with Crippen molar-refractivity contribution in [3.63, 3.8) is 0 Å². The lowest BCUT2D eigenvalue weighted by Gasteiger charge is -2.09. The molecular formula is C17H19N3O5S. The van der Waals surface area contributed by atoms with Crippen molar-refractivity contribution >= 4 is 27.0 Å². The van der Waals surface area contributed by atoms with E-state index in [1.807, 2.05) is 4.57 Å². The average molecular weight is 377 g/mol. The van der Waals surface area contributed by atoms with Crippen molar-refractivity contribution in [1.29, 1.82) is 0 Å². The van der Waals surface area contributed by atoms with Crippen LogP contribution in [0, 0.1) is 0 Å². The van der Waals surface area contributed by atoms with Gasteiger partial charge < -0.3 is 13.7 Å². The van der Waals surface area contributed by atoms with Crippen LogP contribution in [0.1, 0.15) is 36.1 Å². The van der Waals surface area contributed by atoms with E-state index >= 15 is 0 Å². The Morgan fingerprint density at radius 1 is 1.35 bits per heavy atom. The van der Waals surface area contributed by atoms with Crippen molar-refractivity contribution < 1.29 is 22.4 Å². The Labute approximate surface area is 150 Å². The fraction of sp³-hybridized carbons (Fsp3) is 0.294. The minimum absolute atomic E-state index is 0.00993. The number of carbonyl (C=O) groups excluding carboxylic acids is 1. The molecule has 2 aromatic heterocycles. The fourth-order valence-corrected chi connectivity index (χ4v) is 3.14. The molecule has 2 heterocycles. The number of nitrogens with two attached hydrogens (primary N) is 1. The van der Waals surface area contributed by atoms with E-state index in [-0.39, 0.29) is 17.3 Å². The second kappa shape index (κ2) is 7.30. The predicted molar refractivity (Wildman–Crippen MR) is 93.8 cm³/mol. The highest BCUT2D eigenvalue weighted by molar-refractivity contribution is 7.89. The minimum Gasteiger partial charge on any atom is -0.457 e. The zero-order valence-corrected chi connectivity index (χ0v) is 15.0. The first kappa shape index (κ1) is 18.2. The molecule has 0 spiro atoms. The lowest BCUT2D eigenvalue weighted by atomic mass is 10.3. The summed E-state index contributed by atoms with van der Waals surface area (Å²) in [6, 6.07) is 7.64. The Morgan fingerprint density at radius 2 is 2.15 bits per heavy atom. The van der Waals surface area contributed by atoms with E-state index in [4.69, 9.17) is 14.3 Å². The number of aromatic nitrogens is 2. The molecule has 1 aromatic carbocycles. The van der Waals surface area contributed by atoms with Crippen molar-refractivity contribution in [3.8, 4) is 0 Å². The largest absolute Gasteiger partial charge is 0.457 e. The SMILES string of the molecule is CCCCn1c(COC(=O)c2ccco2)nc2cc(S(N)(=O)=O)ccc21. The van der Waals surface area contributed by atoms with Crippen LogP contribution >= 0.6 is 0 Å². The van der Waals surface area contributed by atoms with Crippen molar-refractivity contribution in [1.82, 2.24) is 9.55 Å². The molecule has 26 heavy (non-hydrogen) atoms. The van der Waals surface area contributed by atoms with Crippen molar-refractivity contribution in [2.75, 3.05) is 0 Å². The second-order valence-electron chi connectivity index (χ2n) is 5.78. The summed E-state index contributed by atoms with van der Waals surface area (Å²) < 4.78 is 35.3. The van der Waals surface area contributed by atoms with Crippen molar-refractivity contribution in [3.05, 3.63) is 48.2 Å². The second-order valence-corrected chi connectivity index (χ2v) is 7.34. The molecule has 0 bridgehead atoms. The Hall–Kier alpha value is -2.65. The van der Waals surface area contributed by atoms with E-state index < -0.39 is 16.0 Å². The van der Waals surface area contributed by atoms with Crippen LogP contribution in [0.15, 0.2) is 45.9 Å². The number of benzene rings is 1. The van der Waals surface area contributed by atoms with Crippen LogP contribution in [-0.2, 0) is 27.9 Å². The number of unbranched alkanes of at least 4 members (excludes halogenated alkanes) is 1. The van der Waals surface area contributed by atoms with E-state index in [1.165, 1.54) is 24.5 Å². The molecule has 3 aromatic rings. The van der Waals surface area contributed by atoms with Gasteiger partial charge in [-0.05, 0) is 36.8 Å². The zero-order valence-electron chi connectivity index (χ0n) is 14.2. The number of primary sulfonamides is 1. The minimum atomic E-state index is -3.82. The maximum Gasteiger partial charge on any atom is 0.374 e. The van der Waals surface area contributed by atoms with E-state index in [0.717, 1.165) is 18.4 Å². The van der Waals surface area contributed by atoms with E-state index in [2.05, 4.69) is 11.9 Å². The number of hydrogen-bond acceptors (Lipinski definition) is 6. The van der Waals surface area contributed by atoms with Gasteiger partial charge in [0.15, 0.2) is 0 Å². The van der Waals surface area contributed by atoms with Gasteiger partial charge in [0.25, 0.3) is 0 Å². The smallest absolute Gasteiger partial charge is 0.374 e. The molecule has 0 amide bonds. The van der Waals surface area contributed by atoms with Crippen LogP contribution in [0.2, 0.25) is 0 Å². The topological polar surface area (TPSA) is 117 Å². The number of esters is 1. The van der Waals surface area contributed by atoms with Gasteiger partial charge in [-0.2, -0.15) is 0 Å². The molecule has 8 nitrogen and oxygen atoms in total. The molecule has 2 N–H and O–H groups in total. The lowest BCUT2D eigenvalue weighted by Crippen LogP contribution is -2.12. The first-order valence-electron chi connectivity index (χ1n) is 8.12. The van der Waals surface area contributed by atoms with E-state index in [1.54, 1.807) is 12.1 Å². The molecule has 0 saturated carbocycles. The molecule has 0 saturated heterocycles. The number of rotatable bonds is 7. The molecule has 3 rings (SSSR count). The van der Waals surface area contributed by atoms with Crippen LogP contribution in [0.5, 0.6) is 0 Å². The van der Waals surface area contributed by atoms with Gasteiger partial charge in [0.2, 0.25) is 15.8 Å². The molecule has 9 heteroatoms. The van der Waals surface area contributed by atoms with Gasteiger partial charge in [-0.1, -0.05) is 13.3 Å². The van der Waals surface area contributed by atoms with Gasteiger partial charge in [-0.25, -0.2) is 23.3 Å². The number of carbonyl (C=O) groups is 1. The van der Waals surface area contributed by atoms with Gasteiger partial charge in [-0.3, -0.25) is 0 Å². The molecular weight excluding hydrogens is 358 g/mol. The molecule has 0 aliphatic heterocycles. The van der Waals surface area contributed by atoms with Crippen molar-refractivity contribution in [2.45, 2.75) is 37.8 Å². The fourth-order valence-electron chi connectivity index (χ4n) is 2.61. The summed E-state index contributed by atoms with van der Waals surface area (Å²) in [5.74, 6) is 0.0481. The molecule has 0 fully saturated rings. The normalized spacial score (nSPS) is 11.8. The van der Waals surface area contributed by atoms with Gasteiger partial charge in [0, 0.05) is 6.54 Å². The van der Waals surface area contributed by atoms with Gasteiger partial charge >= 0.3 is 5.97 Å². The maximum atomic E-state index is 12.0. The van der Waals surface area contributed by atoms with Crippen LogP contribution in [0.3, 0.4) is 0 Å². The quantitative estimate of drug-likeness (QED) is 0.632. The molecule has 0 unspecified atom stereocenters. The monoisotopic (exact) mass is 377 g/mol. The highest BCUT2D eigenvalue weighted by Crippen LogP contribution is 2.21. The molecule has 0 radical (unpaired) electrons. The third-order valence-electron chi connectivity index (χ3n) is 3.92. The predicted octanol–water partition coefficient (Wildman–Crippen LogP) is 2.43. The summed E-state index contributed by atoms with van der Waals surface area (Å²) in [4.78, 5) is 16.4. The van der Waals surface area contributed by atoms with E-state index in [0.29, 0.717) is 17.9 Å². The standard InChI is InChI=1S/C17H19N3O5S/c1-2-3-8-20-14-7-6-12(26(18,22)23)10-13(14)19-16(20)11-25-17(21)15-5-4-9-24-15/h4-7,9-10H,2-3,8,11H2,1H3,(H2,18,22,23). The average Bonchev–Trinajstić information content (AvgIpc) is 3.24. The van der Waals surface area contributed by atoms with Gasteiger partial charge in [0.05, 0.1) is 22.2 Å². The number of aryl methyl sites for hydroxylation is 1. The lowest BCUT2D eigenvalue weighted by molar-refractivity contribution is 0.0422.